The Morgan fingerprint density at radius 1 is 1.20 bits per heavy atom. The van der Waals surface area contributed by atoms with E-state index < -0.39 is 0 Å². The lowest BCUT2D eigenvalue weighted by molar-refractivity contribution is 0.303. The van der Waals surface area contributed by atoms with E-state index in [-0.39, 0.29) is 0 Å². The number of aromatic nitrogens is 4. The van der Waals surface area contributed by atoms with E-state index in [0.717, 1.165) is 55.2 Å². The first-order chi connectivity index (χ1) is 14.8. The molecule has 2 aromatic carbocycles. The lowest BCUT2D eigenvalue weighted by atomic mass is 9.92. The van der Waals surface area contributed by atoms with Crippen LogP contribution in [0, 0.1) is 0 Å². The highest BCUT2D eigenvalue weighted by molar-refractivity contribution is 5.44. The number of nitrogens with zero attached hydrogens (tertiary/aromatic N) is 4. The molecule has 4 rings (SSSR count). The topological polar surface area (TPSA) is 76.9 Å². The number of methoxy groups -OCH3 is 1. The maximum Gasteiger partial charge on any atom is 0.156 e. The van der Waals surface area contributed by atoms with Crippen LogP contribution in [-0.4, -0.2) is 39.9 Å². The van der Waals surface area contributed by atoms with Gasteiger partial charge in [0, 0.05) is 30.6 Å². The van der Waals surface area contributed by atoms with Gasteiger partial charge in [-0.1, -0.05) is 37.3 Å². The van der Waals surface area contributed by atoms with E-state index in [0.29, 0.717) is 12.1 Å². The minimum atomic E-state index is 0.310. The van der Waals surface area contributed by atoms with E-state index in [4.69, 9.17) is 4.74 Å². The highest BCUT2D eigenvalue weighted by Crippen LogP contribution is 2.26. The fourth-order valence-corrected chi connectivity index (χ4v) is 4.18. The van der Waals surface area contributed by atoms with Crippen LogP contribution in [0.5, 0.6) is 5.75 Å². The van der Waals surface area contributed by atoms with Gasteiger partial charge in [0.15, 0.2) is 5.82 Å². The summed E-state index contributed by atoms with van der Waals surface area (Å²) in [5.74, 6) is 1.75. The molecular weight excluding hydrogens is 376 g/mol. The van der Waals surface area contributed by atoms with Crippen molar-refractivity contribution in [3.8, 4) is 11.4 Å². The predicted molar refractivity (Wildman–Crippen MR) is 117 cm³/mol. The van der Waals surface area contributed by atoms with Crippen molar-refractivity contribution >= 4 is 0 Å². The Morgan fingerprint density at radius 2 is 2.07 bits per heavy atom. The Labute approximate surface area is 177 Å². The monoisotopic (exact) mass is 406 g/mol. The van der Waals surface area contributed by atoms with Gasteiger partial charge in [-0.25, -0.2) is 0 Å². The third-order valence-electron chi connectivity index (χ3n) is 5.69. The number of rotatable bonds is 8. The molecule has 1 aliphatic heterocycles. The highest BCUT2D eigenvalue weighted by Gasteiger charge is 2.25. The van der Waals surface area contributed by atoms with E-state index in [1.54, 1.807) is 7.11 Å². The van der Waals surface area contributed by atoms with Crippen LogP contribution in [-0.2, 0) is 13.0 Å². The van der Waals surface area contributed by atoms with Gasteiger partial charge >= 0.3 is 0 Å². The molecule has 2 unspecified atom stereocenters. The summed E-state index contributed by atoms with van der Waals surface area (Å²) in [4.78, 5) is 0. The molecule has 2 atom stereocenters. The summed E-state index contributed by atoms with van der Waals surface area (Å²) in [5.41, 5.74) is 3.39. The maximum atomic E-state index is 5.63. The summed E-state index contributed by atoms with van der Waals surface area (Å²) in [5, 5.41) is 19.7. The van der Waals surface area contributed by atoms with Gasteiger partial charge < -0.3 is 15.4 Å². The molecule has 158 valence electrons. The summed E-state index contributed by atoms with van der Waals surface area (Å²) in [6, 6.07) is 17.5. The second-order valence-electron chi connectivity index (χ2n) is 7.73. The zero-order chi connectivity index (χ0) is 20.8. The smallest absolute Gasteiger partial charge is 0.156 e. The zero-order valence-electron chi connectivity index (χ0n) is 17.7. The molecule has 0 bridgehead atoms. The third kappa shape index (κ3) is 4.52. The van der Waals surface area contributed by atoms with Gasteiger partial charge in [0.2, 0.25) is 0 Å². The van der Waals surface area contributed by atoms with Gasteiger partial charge in [-0.3, -0.25) is 0 Å². The molecule has 0 saturated carbocycles. The van der Waals surface area contributed by atoms with Crippen LogP contribution in [0.4, 0.5) is 0 Å². The van der Waals surface area contributed by atoms with Crippen molar-refractivity contribution in [3.05, 3.63) is 65.5 Å². The van der Waals surface area contributed by atoms with Crippen LogP contribution in [0.2, 0.25) is 0 Å². The number of piperidine rings is 1. The minimum absolute atomic E-state index is 0.310. The van der Waals surface area contributed by atoms with Gasteiger partial charge in [0.05, 0.1) is 12.8 Å². The normalized spacial score (nSPS) is 19.0. The van der Waals surface area contributed by atoms with E-state index >= 15 is 0 Å². The molecular formula is C23H30N6O. The van der Waals surface area contributed by atoms with Crippen LogP contribution in [0.15, 0.2) is 48.5 Å². The minimum Gasteiger partial charge on any atom is -0.496 e. The molecule has 7 heteroatoms. The Bertz CT molecular complexity index is 942. The molecule has 1 fully saturated rings. The average Bonchev–Trinajstić information content (AvgIpc) is 3.27. The first-order valence-corrected chi connectivity index (χ1v) is 10.8. The lowest BCUT2D eigenvalue weighted by Gasteiger charge is -2.34. The summed E-state index contributed by atoms with van der Waals surface area (Å²) < 4.78 is 7.45. The van der Waals surface area contributed by atoms with Crippen molar-refractivity contribution in [2.24, 2.45) is 0 Å². The van der Waals surface area contributed by atoms with Crippen molar-refractivity contribution in [1.82, 2.24) is 30.8 Å². The standard InChI is InChI=1S/C23H30N6O/c1-3-8-22-26-27-28-29(22)19-12-13-21(30-2)18(15-19)16-25-20-11-7-14-24-23(20)17-9-5-4-6-10-17/h4-6,9-10,12-13,15,20,23-25H,3,7-8,11,14,16H2,1-2H3. The largest absolute Gasteiger partial charge is 0.496 e. The highest BCUT2D eigenvalue weighted by atomic mass is 16.5. The van der Waals surface area contributed by atoms with Gasteiger partial charge in [0.25, 0.3) is 0 Å². The van der Waals surface area contributed by atoms with Gasteiger partial charge in [0.1, 0.15) is 5.75 Å². The molecule has 2 heterocycles. The second kappa shape index (κ2) is 9.82. The van der Waals surface area contributed by atoms with Crippen LogP contribution in [0.1, 0.15) is 49.2 Å². The first-order valence-electron chi connectivity index (χ1n) is 10.8. The quantitative estimate of drug-likeness (QED) is 0.598. The molecule has 0 spiro atoms. The van der Waals surface area contributed by atoms with Crippen LogP contribution in [0.3, 0.4) is 0 Å². The van der Waals surface area contributed by atoms with Crippen molar-refractivity contribution in [2.75, 3.05) is 13.7 Å². The van der Waals surface area contributed by atoms with Crippen LogP contribution in [0.25, 0.3) is 5.69 Å². The molecule has 0 amide bonds. The van der Waals surface area contributed by atoms with Crippen molar-refractivity contribution in [2.45, 2.75) is 51.2 Å². The molecule has 1 aliphatic rings. The van der Waals surface area contributed by atoms with Crippen molar-refractivity contribution in [3.63, 3.8) is 0 Å². The molecule has 3 aromatic rings. The van der Waals surface area contributed by atoms with E-state index in [9.17, 15) is 0 Å². The summed E-state index contributed by atoms with van der Waals surface area (Å²) >= 11 is 0. The Balaban J connectivity index is 1.54. The second-order valence-corrected chi connectivity index (χ2v) is 7.73. The van der Waals surface area contributed by atoms with Crippen LogP contribution >= 0.6 is 0 Å². The molecule has 1 aromatic heterocycles. The number of ether oxygens (including phenoxy) is 1. The van der Waals surface area contributed by atoms with E-state index in [1.165, 1.54) is 12.0 Å². The first kappa shape index (κ1) is 20.5. The fraction of sp³-hybridized carbons (Fsp3) is 0.435. The molecule has 0 radical (unpaired) electrons. The number of aryl methyl sites for hydroxylation is 1. The maximum absolute atomic E-state index is 5.63. The molecule has 7 nitrogen and oxygen atoms in total. The Kier molecular flexibility index (Phi) is 6.71. The molecule has 1 saturated heterocycles. The number of tetrazole rings is 1. The number of benzene rings is 2. The summed E-state index contributed by atoms with van der Waals surface area (Å²) in [6.07, 6.45) is 4.16. The SMILES string of the molecule is CCCc1nnnn1-c1ccc(OC)c(CNC2CCCNC2c2ccccc2)c1. The number of hydrogen-bond donors (Lipinski definition) is 2. The van der Waals surface area contributed by atoms with Crippen molar-refractivity contribution < 1.29 is 4.74 Å². The Hall–Kier alpha value is -2.77. The average molecular weight is 407 g/mol. The van der Waals surface area contributed by atoms with E-state index in [1.807, 2.05) is 16.8 Å². The van der Waals surface area contributed by atoms with Crippen molar-refractivity contribution in [1.29, 1.82) is 0 Å². The summed E-state index contributed by atoms with van der Waals surface area (Å²) in [6.45, 7) is 3.90. The fourth-order valence-electron chi connectivity index (χ4n) is 4.18. The molecule has 30 heavy (non-hydrogen) atoms. The Morgan fingerprint density at radius 3 is 2.87 bits per heavy atom. The summed E-state index contributed by atoms with van der Waals surface area (Å²) in [7, 11) is 1.72. The molecule has 0 aliphatic carbocycles. The molecule has 2 N–H and O–H groups in total. The van der Waals surface area contributed by atoms with Gasteiger partial charge in [-0.15, -0.1) is 5.10 Å². The number of hydrogen-bond acceptors (Lipinski definition) is 6. The van der Waals surface area contributed by atoms with Crippen LogP contribution < -0.4 is 15.4 Å². The third-order valence-corrected chi connectivity index (χ3v) is 5.69. The van der Waals surface area contributed by atoms with Gasteiger partial charge in [-0.05, 0) is 60.0 Å². The van der Waals surface area contributed by atoms with Gasteiger partial charge in [-0.2, -0.15) is 4.68 Å². The predicted octanol–water partition coefficient (Wildman–Crippen LogP) is 3.21. The zero-order valence-corrected chi connectivity index (χ0v) is 17.7. The lowest BCUT2D eigenvalue weighted by Crippen LogP contribution is -2.45. The van der Waals surface area contributed by atoms with E-state index in [2.05, 4.69) is 69.5 Å². The number of nitrogens with one attached hydrogen (secondary N) is 2.